The molecule has 0 aromatic carbocycles. The van der Waals surface area contributed by atoms with E-state index in [1.165, 1.54) is 0 Å². The van der Waals surface area contributed by atoms with Gasteiger partial charge in [-0.15, -0.1) is 0 Å². The van der Waals surface area contributed by atoms with Crippen molar-refractivity contribution in [1.82, 2.24) is 4.90 Å². The minimum Gasteiger partial charge on any atom is -0.483 e. The van der Waals surface area contributed by atoms with Crippen LogP contribution in [0.5, 0.6) is 0 Å². The minimum absolute atomic E-state index is 0.250. The summed E-state index contributed by atoms with van der Waals surface area (Å²) in [4.78, 5) is 10.3. The van der Waals surface area contributed by atoms with Gasteiger partial charge in [0.25, 0.3) is 6.47 Å². The number of carboxylic acid groups (broad SMARTS) is 1. The molecule has 0 saturated heterocycles. The second kappa shape index (κ2) is 9.63. The second-order valence-electron chi connectivity index (χ2n) is 1.37. The van der Waals surface area contributed by atoms with E-state index in [2.05, 4.69) is 0 Å². The quantitative estimate of drug-likeness (QED) is 0.350. The van der Waals surface area contributed by atoms with Crippen LogP contribution in [0.1, 0.15) is 0 Å². The van der Waals surface area contributed by atoms with E-state index >= 15 is 0 Å². The number of rotatable bonds is 1. The lowest BCUT2D eigenvalue weighted by Crippen LogP contribution is -2.20. The number of carbonyl (C=O) groups is 1. The Bertz CT molecular complexity index is 47.3. The van der Waals surface area contributed by atoms with Crippen molar-refractivity contribution in [1.29, 1.82) is 0 Å². The maximum Gasteiger partial charge on any atom is 0.290 e. The fourth-order valence-corrected chi connectivity index (χ4v) is 0. The molecule has 0 aromatic heterocycles. The molecule has 0 aromatic rings. The molecule has 0 bridgehead atoms. The summed E-state index contributed by atoms with van der Waals surface area (Å²) in [6, 6.07) is 0. The molecule has 0 saturated carbocycles. The van der Waals surface area contributed by atoms with Crippen LogP contribution in [-0.4, -0.2) is 37.2 Å². The van der Waals surface area contributed by atoms with Gasteiger partial charge in [-0.25, -0.2) is 0 Å². The third kappa shape index (κ3) is 53.8. The van der Waals surface area contributed by atoms with Crippen molar-refractivity contribution in [2.45, 2.75) is 0 Å². The van der Waals surface area contributed by atoms with Crippen molar-refractivity contribution in [3.63, 3.8) is 0 Å². The van der Waals surface area contributed by atoms with E-state index in [4.69, 9.17) is 15.6 Å². The fraction of sp³-hybridized carbons (Fsp3) is 0.750. The monoisotopic (exact) mass is 120 g/mol. The lowest BCUT2D eigenvalue weighted by Gasteiger charge is -2.00. The fourth-order valence-electron chi connectivity index (χ4n) is 0. The van der Waals surface area contributed by atoms with Crippen LogP contribution in [0.25, 0.3) is 0 Å². The van der Waals surface area contributed by atoms with Crippen molar-refractivity contribution in [2.24, 2.45) is 5.73 Å². The molecule has 0 radical (unpaired) electrons. The lowest BCUT2D eigenvalue weighted by molar-refractivity contribution is -0.122. The molecule has 0 fully saturated rings. The standard InChI is InChI=1S/C3H10N2.CH2O2/c1-5(2)3-4;2-1-3/h3-4H2,1-2H3;1H,(H,2,3). The predicted molar refractivity (Wildman–Crippen MR) is 31.4 cm³/mol. The Kier molecular flexibility index (Phi) is 12.5. The zero-order valence-electron chi connectivity index (χ0n) is 5.16. The number of hydrogen-bond donors (Lipinski definition) is 2. The van der Waals surface area contributed by atoms with Crippen molar-refractivity contribution in [3.05, 3.63) is 0 Å². The Labute approximate surface area is 48.9 Å². The summed E-state index contributed by atoms with van der Waals surface area (Å²) in [7, 11) is 3.86. The van der Waals surface area contributed by atoms with Gasteiger partial charge in [0.15, 0.2) is 0 Å². The summed E-state index contributed by atoms with van der Waals surface area (Å²) in [5, 5.41) is 6.89. The van der Waals surface area contributed by atoms with Crippen molar-refractivity contribution in [2.75, 3.05) is 20.8 Å². The Hall–Kier alpha value is -0.610. The van der Waals surface area contributed by atoms with E-state index in [0.29, 0.717) is 6.67 Å². The molecule has 0 spiro atoms. The Morgan fingerprint density at radius 3 is 1.88 bits per heavy atom. The van der Waals surface area contributed by atoms with Crippen LogP contribution >= 0.6 is 0 Å². The average Bonchev–Trinajstić information content (AvgIpc) is 1.69. The smallest absolute Gasteiger partial charge is 0.290 e. The van der Waals surface area contributed by atoms with Gasteiger partial charge in [0.05, 0.1) is 0 Å². The van der Waals surface area contributed by atoms with Gasteiger partial charge in [0, 0.05) is 6.67 Å². The van der Waals surface area contributed by atoms with Gasteiger partial charge in [-0.05, 0) is 14.1 Å². The lowest BCUT2D eigenvalue weighted by atomic mass is 10.9. The van der Waals surface area contributed by atoms with Crippen molar-refractivity contribution < 1.29 is 9.90 Å². The largest absolute Gasteiger partial charge is 0.483 e. The van der Waals surface area contributed by atoms with Crippen LogP contribution in [0.3, 0.4) is 0 Å². The first-order chi connectivity index (χ1) is 3.68. The van der Waals surface area contributed by atoms with Crippen molar-refractivity contribution >= 4 is 6.47 Å². The summed E-state index contributed by atoms with van der Waals surface area (Å²) in [6.07, 6.45) is 0. The van der Waals surface area contributed by atoms with Gasteiger partial charge >= 0.3 is 0 Å². The molecule has 0 rings (SSSR count). The van der Waals surface area contributed by atoms with E-state index in [0.717, 1.165) is 0 Å². The third-order valence-corrected chi connectivity index (χ3v) is 0.365. The van der Waals surface area contributed by atoms with Crippen LogP contribution in [0.4, 0.5) is 0 Å². The topological polar surface area (TPSA) is 66.6 Å². The van der Waals surface area contributed by atoms with Crippen LogP contribution < -0.4 is 5.73 Å². The molecule has 0 aliphatic heterocycles. The normalized spacial score (nSPS) is 7.50. The third-order valence-electron chi connectivity index (χ3n) is 0.365. The highest BCUT2D eigenvalue weighted by molar-refractivity contribution is 5.32. The summed E-state index contributed by atoms with van der Waals surface area (Å²) >= 11 is 0. The summed E-state index contributed by atoms with van der Waals surface area (Å²) in [5.41, 5.74) is 5.10. The molecule has 0 atom stereocenters. The van der Waals surface area contributed by atoms with Crippen LogP contribution in [0, 0.1) is 0 Å². The Morgan fingerprint density at radius 1 is 1.75 bits per heavy atom. The molecule has 0 amide bonds. The van der Waals surface area contributed by atoms with Gasteiger partial charge in [-0.2, -0.15) is 0 Å². The summed E-state index contributed by atoms with van der Waals surface area (Å²) < 4.78 is 0. The van der Waals surface area contributed by atoms with Gasteiger partial charge in [-0.1, -0.05) is 0 Å². The Morgan fingerprint density at radius 2 is 1.88 bits per heavy atom. The zero-order chi connectivity index (χ0) is 6.99. The Balaban J connectivity index is 0. The van der Waals surface area contributed by atoms with Gasteiger partial charge in [0.2, 0.25) is 0 Å². The first-order valence-corrected chi connectivity index (χ1v) is 2.11. The highest BCUT2D eigenvalue weighted by Gasteiger charge is 1.71. The highest BCUT2D eigenvalue weighted by Crippen LogP contribution is 1.55. The maximum atomic E-state index is 8.36. The highest BCUT2D eigenvalue weighted by atomic mass is 16.3. The first-order valence-electron chi connectivity index (χ1n) is 2.11. The summed E-state index contributed by atoms with van der Waals surface area (Å²) in [6.45, 7) is 0.389. The minimum atomic E-state index is -0.250. The van der Waals surface area contributed by atoms with Crippen LogP contribution in [-0.2, 0) is 4.79 Å². The summed E-state index contributed by atoms with van der Waals surface area (Å²) in [5.74, 6) is 0. The predicted octanol–water partition coefficient (Wildman–Crippen LogP) is -0.835. The van der Waals surface area contributed by atoms with Gasteiger partial charge in [-0.3, -0.25) is 9.69 Å². The van der Waals surface area contributed by atoms with E-state index in [1.807, 2.05) is 19.0 Å². The second-order valence-corrected chi connectivity index (χ2v) is 1.37. The maximum absolute atomic E-state index is 8.36. The first kappa shape index (κ1) is 10.4. The van der Waals surface area contributed by atoms with E-state index in [1.54, 1.807) is 0 Å². The van der Waals surface area contributed by atoms with Crippen LogP contribution in [0.2, 0.25) is 0 Å². The van der Waals surface area contributed by atoms with Gasteiger partial charge in [0.1, 0.15) is 0 Å². The zero-order valence-corrected chi connectivity index (χ0v) is 5.16. The molecule has 8 heavy (non-hydrogen) atoms. The van der Waals surface area contributed by atoms with E-state index < -0.39 is 0 Å². The van der Waals surface area contributed by atoms with E-state index in [9.17, 15) is 0 Å². The molecular formula is C4H12N2O2. The molecule has 0 aliphatic rings. The van der Waals surface area contributed by atoms with Crippen molar-refractivity contribution in [3.8, 4) is 0 Å². The van der Waals surface area contributed by atoms with E-state index in [-0.39, 0.29) is 6.47 Å². The molecule has 3 N–H and O–H groups in total. The molecule has 50 valence electrons. The SMILES string of the molecule is CN(C)CN.O=CO. The number of hydrogen-bond acceptors (Lipinski definition) is 3. The number of nitrogens with two attached hydrogens (primary N) is 1. The molecule has 0 aliphatic carbocycles. The molecular weight excluding hydrogens is 108 g/mol. The van der Waals surface area contributed by atoms with Crippen LogP contribution in [0.15, 0.2) is 0 Å². The van der Waals surface area contributed by atoms with Gasteiger partial charge < -0.3 is 10.8 Å². The molecule has 0 unspecified atom stereocenters. The molecule has 0 heterocycles. The average molecular weight is 120 g/mol. The molecule has 4 heteroatoms. The number of nitrogens with zero attached hydrogens (tertiary/aromatic N) is 1. The molecule has 4 nitrogen and oxygen atoms in total.